The molecule has 0 spiro atoms. The van der Waals surface area contributed by atoms with Gasteiger partial charge in [0.25, 0.3) is 5.91 Å². The lowest BCUT2D eigenvalue weighted by atomic mass is 9.98. The lowest BCUT2D eigenvalue weighted by Crippen LogP contribution is -2.56. The minimum Gasteiger partial charge on any atom is -0.379 e. The largest absolute Gasteiger partial charge is 0.416 e. The van der Waals surface area contributed by atoms with E-state index in [1.165, 1.54) is 4.90 Å². The summed E-state index contributed by atoms with van der Waals surface area (Å²) in [6, 6.07) is 8.25. The number of para-hydroxylation sites is 1. The molecule has 2 aromatic carbocycles. The van der Waals surface area contributed by atoms with Gasteiger partial charge in [-0.1, -0.05) is 18.2 Å². The second-order valence-corrected chi connectivity index (χ2v) is 10.7. The molecule has 0 unspecified atom stereocenters. The van der Waals surface area contributed by atoms with E-state index in [4.69, 9.17) is 4.74 Å². The number of piperazine rings is 1. The number of aromatic nitrogens is 1. The Hall–Kier alpha value is -3.13. The zero-order chi connectivity index (χ0) is 29.9. The Kier molecular flexibility index (Phi) is 9.11. The van der Waals surface area contributed by atoms with Crippen LogP contribution >= 0.6 is 0 Å². The molecule has 2 saturated heterocycles. The maximum atomic E-state index is 13.6. The lowest BCUT2D eigenvalue weighted by Gasteiger charge is -2.42. The number of amides is 1. The van der Waals surface area contributed by atoms with E-state index in [2.05, 4.69) is 20.3 Å². The van der Waals surface area contributed by atoms with E-state index in [0.717, 1.165) is 49.1 Å². The number of benzene rings is 2. The van der Waals surface area contributed by atoms with Crippen molar-refractivity contribution < 1.29 is 35.9 Å². The van der Waals surface area contributed by atoms with Crippen LogP contribution in [0.25, 0.3) is 10.9 Å². The van der Waals surface area contributed by atoms with Gasteiger partial charge in [0, 0.05) is 68.0 Å². The maximum absolute atomic E-state index is 13.6. The number of morpholine rings is 1. The summed E-state index contributed by atoms with van der Waals surface area (Å²) < 4.78 is 86.5. The molecule has 3 aromatic rings. The minimum absolute atomic E-state index is 0.0447. The highest BCUT2D eigenvalue weighted by Crippen LogP contribution is 2.37. The van der Waals surface area contributed by atoms with Crippen molar-refractivity contribution in [1.29, 1.82) is 0 Å². The Balaban J connectivity index is 1.35. The van der Waals surface area contributed by atoms with Gasteiger partial charge >= 0.3 is 12.4 Å². The fourth-order valence-electron chi connectivity index (χ4n) is 5.62. The van der Waals surface area contributed by atoms with Gasteiger partial charge in [-0.25, -0.2) is 5.01 Å². The van der Waals surface area contributed by atoms with Crippen LogP contribution in [-0.2, 0) is 23.5 Å². The number of H-pyrrole nitrogens is 1. The van der Waals surface area contributed by atoms with E-state index >= 15 is 0 Å². The Morgan fingerprint density at radius 3 is 2.33 bits per heavy atom. The number of carbonyl (C=O) groups excluding carboxylic acids is 1. The van der Waals surface area contributed by atoms with E-state index in [1.54, 1.807) is 0 Å². The van der Waals surface area contributed by atoms with Crippen LogP contribution in [0.5, 0.6) is 0 Å². The average molecular weight is 598 g/mol. The zero-order valence-corrected chi connectivity index (χ0v) is 22.9. The summed E-state index contributed by atoms with van der Waals surface area (Å²) in [6.45, 7) is 5.51. The van der Waals surface area contributed by atoms with Gasteiger partial charge in [0.1, 0.15) is 0 Å². The molecular formula is C29H33F6N5O2. The molecule has 3 heterocycles. The number of nitrogens with one attached hydrogen (secondary N) is 2. The molecule has 7 nitrogen and oxygen atoms in total. The zero-order valence-electron chi connectivity index (χ0n) is 22.9. The van der Waals surface area contributed by atoms with Gasteiger partial charge in [-0.05, 0) is 49.2 Å². The van der Waals surface area contributed by atoms with Crippen LogP contribution in [0.4, 0.5) is 26.3 Å². The molecule has 0 bridgehead atoms. The minimum atomic E-state index is -5.03. The number of halogens is 6. The summed E-state index contributed by atoms with van der Waals surface area (Å²) >= 11 is 0. The molecule has 1 amide bonds. The maximum Gasteiger partial charge on any atom is 0.416 e. The Bertz CT molecular complexity index is 1340. The first-order chi connectivity index (χ1) is 20.0. The predicted molar refractivity (Wildman–Crippen MR) is 145 cm³/mol. The highest BCUT2D eigenvalue weighted by atomic mass is 19.4. The summed E-state index contributed by atoms with van der Waals surface area (Å²) in [5.41, 5.74) is 1.59. The predicted octanol–water partition coefficient (Wildman–Crippen LogP) is 4.80. The van der Waals surface area contributed by atoms with Crippen molar-refractivity contribution >= 4 is 16.8 Å². The number of hydrazine groups is 1. The third kappa shape index (κ3) is 7.25. The van der Waals surface area contributed by atoms with Crippen LogP contribution in [0, 0.1) is 0 Å². The number of carbonyl (C=O) groups is 1. The molecule has 0 saturated carbocycles. The van der Waals surface area contributed by atoms with Crippen LogP contribution in [0.2, 0.25) is 0 Å². The first-order valence-corrected chi connectivity index (χ1v) is 13.9. The fourth-order valence-corrected chi connectivity index (χ4v) is 5.62. The van der Waals surface area contributed by atoms with Gasteiger partial charge in [0.2, 0.25) is 0 Å². The highest BCUT2D eigenvalue weighted by molar-refractivity contribution is 5.95. The molecule has 2 N–H and O–H groups in total. The molecular weight excluding hydrogens is 564 g/mol. The van der Waals surface area contributed by atoms with Crippen molar-refractivity contribution in [2.45, 2.75) is 31.2 Å². The fraction of sp³-hybridized carbons (Fsp3) is 0.483. The van der Waals surface area contributed by atoms with Crippen molar-refractivity contribution in [2.75, 3.05) is 59.0 Å². The summed E-state index contributed by atoms with van der Waals surface area (Å²) in [6.07, 6.45) is -7.01. The molecule has 2 aliphatic heterocycles. The number of nitrogens with zero attached hydrogens (tertiary/aromatic N) is 3. The smallest absolute Gasteiger partial charge is 0.379 e. The molecule has 1 atom stereocenters. The van der Waals surface area contributed by atoms with Crippen LogP contribution in [0.1, 0.15) is 33.5 Å². The number of rotatable bonds is 8. The van der Waals surface area contributed by atoms with Crippen molar-refractivity contribution in [3.05, 3.63) is 70.9 Å². The monoisotopic (exact) mass is 597 g/mol. The van der Waals surface area contributed by atoms with Gasteiger partial charge < -0.3 is 14.6 Å². The normalized spacial score (nSPS) is 19.5. The van der Waals surface area contributed by atoms with E-state index < -0.39 is 41.0 Å². The second-order valence-electron chi connectivity index (χ2n) is 10.7. The van der Waals surface area contributed by atoms with Crippen LogP contribution in [0.3, 0.4) is 0 Å². The first kappa shape index (κ1) is 30.3. The molecule has 2 aliphatic rings. The quantitative estimate of drug-likeness (QED) is 0.289. The van der Waals surface area contributed by atoms with Crippen LogP contribution in [-0.4, -0.2) is 90.8 Å². The summed E-state index contributed by atoms with van der Waals surface area (Å²) in [5, 5.41) is 3.07. The molecule has 1 aromatic heterocycles. The highest BCUT2D eigenvalue weighted by Gasteiger charge is 2.39. The average Bonchev–Trinajstić information content (AvgIpc) is 3.37. The van der Waals surface area contributed by atoms with E-state index in [1.807, 2.05) is 30.5 Å². The van der Waals surface area contributed by atoms with Crippen molar-refractivity contribution in [3.8, 4) is 0 Å². The number of fused-ring (bicyclic) bond motifs is 1. The molecule has 5 rings (SSSR count). The van der Waals surface area contributed by atoms with Crippen molar-refractivity contribution in [3.63, 3.8) is 0 Å². The van der Waals surface area contributed by atoms with E-state index in [0.29, 0.717) is 44.9 Å². The number of hydrogen-bond acceptors (Lipinski definition) is 5. The summed E-state index contributed by atoms with van der Waals surface area (Å²) in [5.74, 6) is -0.843. The summed E-state index contributed by atoms with van der Waals surface area (Å²) in [4.78, 5) is 20.5. The molecule has 42 heavy (non-hydrogen) atoms. The number of alkyl halides is 6. The van der Waals surface area contributed by atoms with E-state index in [-0.39, 0.29) is 12.6 Å². The van der Waals surface area contributed by atoms with Crippen LogP contribution < -0.4 is 5.43 Å². The first-order valence-electron chi connectivity index (χ1n) is 13.9. The summed E-state index contributed by atoms with van der Waals surface area (Å²) in [7, 11) is 0. The molecule has 13 heteroatoms. The van der Waals surface area contributed by atoms with Crippen molar-refractivity contribution in [2.24, 2.45) is 0 Å². The Morgan fingerprint density at radius 2 is 1.64 bits per heavy atom. The van der Waals surface area contributed by atoms with Gasteiger partial charge in [-0.2, -0.15) is 26.3 Å². The third-order valence-electron chi connectivity index (χ3n) is 7.79. The Labute approximate surface area is 239 Å². The molecule has 0 aliphatic carbocycles. The Morgan fingerprint density at radius 1 is 0.952 bits per heavy atom. The molecule has 228 valence electrons. The topological polar surface area (TPSA) is 63.8 Å². The standard InChI is InChI=1S/C29H33F6N5O2/c30-28(31,32)22-14-20(15-23(17-22)29(33,34)35)27(41)40-9-8-38(7-3-6-37-39-10-12-42-13-11-39)19-24(40)16-21-18-36-26-5-2-1-4-25(21)26/h1-2,4-5,14-15,17-18,24,36-37H,3,6-13,16,19H2/t24-/m1/s1. The van der Waals surface area contributed by atoms with Gasteiger partial charge in [0.15, 0.2) is 0 Å². The molecule has 0 radical (unpaired) electrons. The second kappa shape index (κ2) is 12.6. The van der Waals surface area contributed by atoms with E-state index in [9.17, 15) is 31.1 Å². The number of hydrogen-bond donors (Lipinski definition) is 2. The van der Waals surface area contributed by atoms with Crippen LogP contribution in [0.15, 0.2) is 48.7 Å². The van der Waals surface area contributed by atoms with Gasteiger partial charge in [0.05, 0.1) is 24.3 Å². The third-order valence-corrected chi connectivity index (χ3v) is 7.79. The lowest BCUT2D eigenvalue weighted by molar-refractivity contribution is -0.143. The molecule has 2 fully saturated rings. The SMILES string of the molecule is O=C(c1cc(C(F)(F)F)cc(C(F)(F)F)c1)N1CCN(CCCNN2CCOCC2)C[C@H]1Cc1c[nH]c2ccccc12. The van der Waals surface area contributed by atoms with Gasteiger partial charge in [-0.3, -0.25) is 15.1 Å². The number of aromatic amines is 1. The van der Waals surface area contributed by atoms with Crippen molar-refractivity contribution in [1.82, 2.24) is 25.2 Å². The number of ether oxygens (including phenoxy) is 1. The van der Waals surface area contributed by atoms with Gasteiger partial charge in [-0.15, -0.1) is 0 Å².